The van der Waals surface area contributed by atoms with Gasteiger partial charge in [-0.2, -0.15) is 5.10 Å². The zero-order valence-corrected chi connectivity index (χ0v) is 12.4. The lowest BCUT2D eigenvalue weighted by atomic mass is 10.2. The Hall–Kier alpha value is -1.68. The highest BCUT2D eigenvalue weighted by molar-refractivity contribution is 6.17. The van der Waals surface area contributed by atoms with Crippen molar-refractivity contribution < 1.29 is 4.74 Å². The number of aromatic nitrogens is 2. The van der Waals surface area contributed by atoms with Crippen LogP contribution in [-0.2, 0) is 12.9 Å². The molecular formula is C14H18ClN3O. The minimum atomic E-state index is 0.439. The van der Waals surface area contributed by atoms with E-state index < -0.39 is 0 Å². The van der Waals surface area contributed by atoms with Crippen molar-refractivity contribution in [2.45, 2.75) is 12.8 Å². The van der Waals surface area contributed by atoms with Gasteiger partial charge in [0.15, 0.2) is 0 Å². The second-order valence-electron chi connectivity index (χ2n) is 4.38. The number of benzene rings is 1. The number of nitrogens with zero attached hydrogens (tertiary/aromatic N) is 3. The number of rotatable bonds is 4. The number of halogens is 1. The van der Waals surface area contributed by atoms with Crippen molar-refractivity contribution in [2.75, 3.05) is 19.1 Å². The fraction of sp³-hybridized carbons (Fsp3) is 0.357. The summed E-state index contributed by atoms with van der Waals surface area (Å²) in [7, 11) is 5.58. The van der Waals surface area contributed by atoms with E-state index in [2.05, 4.69) is 10.00 Å². The zero-order valence-electron chi connectivity index (χ0n) is 11.6. The van der Waals surface area contributed by atoms with E-state index in [1.807, 2.05) is 50.0 Å². The Balaban J connectivity index is 2.52. The second kappa shape index (κ2) is 5.53. The Bertz CT molecular complexity index is 580. The van der Waals surface area contributed by atoms with Crippen LogP contribution in [-0.4, -0.2) is 23.9 Å². The molecule has 0 unspecified atom stereocenters. The summed E-state index contributed by atoms with van der Waals surface area (Å²) in [4.78, 5) is 2.05. The van der Waals surface area contributed by atoms with E-state index in [1.165, 1.54) is 0 Å². The molecule has 5 heteroatoms. The van der Waals surface area contributed by atoms with Crippen molar-refractivity contribution in [1.82, 2.24) is 9.78 Å². The second-order valence-corrected chi connectivity index (χ2v) is 4.64. The van der Waals surface area contributed by atoms with Gasteiger partial charge in [0.25, 0.3) is 0 Å². The summed E-state index contributed by atoms with van der Waals surface area (Å²) in [5.74, 6) is 2.25. The number of methoxy groups -OCH3 is 1. The third kappa shape index (κ3) is 2.40. The van der Waals surface area contributed by atoms with Gasteiger partial charge < -0.3 is 9.64 Å². The predicted octanol–water partition coefficient (Wildman–Crippen LogP) is 3.24. The van der Waals surface area contributed by atoms with Gasteiger partial charge in [-0.15, -0.1) is 11.6 Å². The predicted molar refractivity (Wildman–Crippen MR) is 78.6 cm³/mol. The maximum atomic E-state index is 6.04. The first-order chi connectivity index (χ1) is 9.10. The van der Waals surface area contributed by atoms with Gasteiger partial charge >= 0.3 is 0 Å². The van der Waals surface area contributed by atoms with Gasteiger partial charge in [0, 0.05) is 19.7 Å². The molecule has 1 aromatic carbocycles. The highest BCUT2D eigenvalue weighted by atomic mass is 35.5. The van der Waals surface area contributed by atoms with Gasteiger partial charge in [-0.1, -0.05) is 12.1 Å². The summed E-state index contributed by atoms with van der Waals surface area (Å²) in [5, 5.41) is 4.43. The van der Waals surface area contributed by atoms with Gasteiger partial charge in [-0.25, -0.2) is 0 Å². The van der Waals surface area contributed by atoms with Crippen LogP contribution in [0.25, 0.3) is 0 Å². The molecule has 0 atom stereocenters. The van der Waals surface area contributed by atoms with Crippen molar-refractivity contribution >= 4 is 23.1 Å². The molecule has 0 aliphatic heterocycles. The largest absolute Gasteiger partial charge is 0.495 e. The van der Waals surface area contributed by atoms with Gasteiger partial charge in [0.05, 0.1) is 24.4 Å². The molecule has 0 spiro atoms. The third-order valence-corrected chi connectivity index (χ3v) is 3.48. The molecule has 0 N–H and O–H groups in total. The molecule has 19 heavy (non-hydrogen) atoms. The molecule has 0 aliphatic carbocycles. The fourth-order valence-electron chi connectivity index (χ4n) is 2.29. The van der Waals surface area contributed by atoms with E-state index in [0.29, 0.717) is 5.88 Å². The van der Waals surface area contributed by atoms with E-state index in [1.54, 1.807) is 7.11 Å². The van der Waals surface area contributed by atoms with Crippen LogP contribution in [0.1, 0.15) is 11.3 Å². The summed E-state index contributed by atoms with van der Waals surface area (Å²) in [6, 6.07) is 7.89. The topological polar surface area (TPSA) is 30.3 Å². The highest BCUT2D eigenvalue weighted by Gasteiger charge is 2.19. The lowest BCUT2D eigenvalue weighted by Crippen LogP contribution is -2.15. The van der Waals surface area contributed by atoms with Crippen LogP contribution >= 0.6 is 11.6 Å². The van der Waals surface area contributed by atoms with Crippen LogP contribution in [0.15, 0.2) is 24.3 Å². The maximum Gasteiger partial charge on any atom is 0.142 e. The first kappa shape index (κ1) is 13.7. The molecule has 0 bridgehead atoms. The summed E-state index contributed by atoms with van der Waals surface area (Å²) in [5.41, 5.74) is 2.98. The standard InChI is InChI=1S/C14H18ClN3O/c1-10-11(9-15)14(18(3)16-10)17(2)12-7-5-6-8-13(12)19-4/h5-8H,9H2,1-4H3. The molecule has 1 aromatic heterocycles. The number of hydrogen-bond acceptors (Lipinski definition) is 3. The van der Waals surface area contributed by atoms with Crippen molar-refractivity contribution in [2.24, 2.45) is 7.05 Å². The Morgan fingerprint density at radius 2 is 2.05 bits per heavy atom. The number of ether oxygens (including phenoxy) is 1. The van der Waals surface area contributed by atoms with Crippen LogP contribution < -0.4 is 9.64 Å². The minimum absolute atomic E-state index is 0.439. The van der Waals surface area contributed by atoms with Gasteiger partial charge in [-0.05, 0) is 19.1 Å². The van der Waals surface area contributed by atoms with Crippen LogP contribution in [0.4, 0.5) is 11.5 Å². The van der Waals surface area contributed by atoms with Crippen molar-refractivity contribution in [3.05, 3.63) is 35.5 Å². The lowest BCUT2D eigenvalue weighted by Gasteiger charge is -2.22. The maximum absolute atomic E-state index is 6.04. The highest BCUT2D eigenvalue weighted by Crippen LogP contribution is 2.35. The molecule has 0 aliphatic rings. The van der Waals surface area contributed by atoms with Crippen LogP contribution in [0, 0.1) is 6.92 Å². The minimum Gasteiger partial charge on any atom is -0.495 e. The van der Waals surface area contributed by atoms with Crippen LogP contribution in [0.3, 0.4) is 0 Å². The third-order valence-electron chi connectivity index (χ3n) is 3.21. The number of para-hydroxylation sites is 2. The molecule has 2 aromatic rings. The Kier molecular flexibility index (Phi) is 4.00. The fourth-order valence-corrected chi connectivity index (χ4v) is 2.60. The number of hydrogen-bond donors (Lipinski definition) is 0. The quantitative estimate of drug-likeness (QED) is 0.805. The van der Waals surface area contributed by atoms with E-state index in [0.717, 1.165) is 28.5 Å². The molecule has 0 saturated carbocycles. The Morgan fingerprint density at radius 1 is 1.37 bits per heavy atom. The first-order valence-electron chi connectivity index (χ1n) is 6.05. The van der Waals surface area contributed by atoms with E-state index >= 15 is 0 Å². The molecule has 0 amide bonds. The van der Waals surface area contributed by atoms with Gasteiger partial charge in [0.2, 0.25) is 0 Å². The monoisotopic (exact) mass is 279 g/mol. The van der Waals surface area contributed by atoms with Crippen molar-refractivity contribution in [3.63, 3.8) is 0 Å². The molecule has 0 radical (unpaired) electrons. The number of alkyl halides is 1. The number of aryl methyl sites for hydroxylation is 2. The molecule has 4 nitrogen and oxygen atoms in total. The SMILES string of the molecule is COc1ccccc1N(C)c1c(CCl)c(C)nn1C. The molecule has 102 valence electrons. The smallest absolute Gasteiger partial charge is 0.142 e. The molecule has 0 saturated heterocycles. The van der Waals surface area contributed by atoms with Crippen LogP contribution in [0.5, 0.6) is 5.75 Å². The Morgan fingerprint density at radius 3 is 2.68 bits per heavy atom. The lowest BCUT2D eigenvalue weighted by molar-refractivity contribution is 0.415. The summed E-state index contributed by atoms with van der Waals surface area (Å²) in [6.07, 6.45) is 0. The summed E-state index contributed by atoms with van der Waals surface area (Å²) >= 11 is 6.04. The molecule has 2 rings (SSSR count). The average molecular weight is 280 g/mol. The first-order valence-corrected chi connectivity index (χ1v) is 6.58. The van der Waals surface area contributed by atoms with E-state index in [4.69, 9.17) is 16.3 Å². The van der Waals surface area contributed by atoms with Crippen molar-refractivity contribution in [3.8, 4) is 5.75 Å². The number of anilines is 2. The summed E-state index contributed by atoms with van der Waals surface area (Å²) in [6.45, 7) is 1.97. The molecular weight excluding hydrogens is 262 g/mol. The molecule has 1 heterocycles. The van der Waals surface area contributed by atoms with E-state index in [-0.39, 0.29) is 0 Å². The van der Waals surface area contributed by atoms with E-state index in [9.17, 15) is 0 Å². The van der Waals surface area contributed by atoms with Crippen molar-refractivity contribution in [1.29, 1.82) is 0 Å². The molecule has 0 fully saturated rings. The van der Waals surface area contributed by atoms with Gasteiger partial charge in [0.1, 0.15) is 11.6 Å². The van der Waals surface area contributed by atoms with Crippen LogP contribution in [0.2, 0.25) is 0 Å². The normalized spacial score (nSPS) is 10.6. The Labute approximate surface area is 118 Å². The van der Waals surface area contributed by atoms with Gasteiger partial charge in [-0.3, -0.25) is 4.68 Å². The summed E-state index contributed by atoms with van der Waals surface area (Å²) < 4.78 is 7.25. The zero-order chi connectivity index (χ0) is 14.0. The average Bonchev–Trinajstić information content (AvgIpc) is 2.71.